The van der Waals surface area contributed by atoms with E-state index in [1.54, 1.807) is 42.1 Å². The number of aryl methyl sites for hydroxylation is 1. The standard InChI is InChI=1S/C18H19ClN2O3S/c1-12-9-15(7-8-16(12)19)24-10-17(22)20-21-18(23)14-5-3-13(4-6-14)11-25-2/h3-9H,10-11H2,1-2H3,(H,20,22)(H,21,23). The first-order valence-electron chi connectivity index (χ1n) is 7.55. The van der Waals surface area contributed by atoms with E-state index in [4.69, 9.17) is 16.3 Å². The van der Waals surface area contributed by atoms with Gasteiger partial charge in [-0.15, -0.1) is 0 Å². The largest absolute Gasteiger partial charge is 0.484 e. The molecule has 5 nitrogen and oxygen atoms in total. The summed E-state index contributed by atoms with van der Waals surface area (Å²) >= 11 is 7.64. The summed E-state index contributed by atoms with van der Waals surface area (Å²) in [5.41, 5.74) is 7.15. The van der Waals surface area contributed by atoms with E-state index in [1.807, 2.05) is 25.3 Å². The summed E-state index contributed by atoms with van der Waals surface area (Å²) in [6.07, 6.45) is 2.02. The number of nitrogens with one attached hydrogen (secondary N) is 2. The van der Waals surface area contributed by atoms with E-state index in [-0.39, 0.29) is 12.5 Å². The monoisotopic (exact) mass is 378 g/mol. The van der Waals surface area contributed by atoms with Gasteiger partial charge >= 0.3 is 0 Å². The van der Waals surface area contributed by atoms with Crippen LogP contribution in [0.3, 0.4) is 0 Å². The van der Waals surface area contributed by atoms with Crippen LogP contribution in [-0.4, -0.2) is 24.7 Å². The number of halogens is 1. The second-order valence-corrected chi connectivity index (χ2v) is 6.61. The second kappa shape index (κ2) is 9.34. The highest BCUT2D eigenvalue weighted by Gasteiger charge is 2.08. The maximum Gasteiger partial charge on any atom is 0.276 e. The zero-order valence-electron chi connectivity index (χ0n) is 14.0. The van der Waals surface area contributed by atoms with Gasteiger partial charge in [0.2, 0.25) is 0 Å². The maximum absolute atomic E-state index is 12.0. The molecular weight excluding hydrogens is 360 g/mol. The average Bonchev–Trinajstić information content (AvgIpc) is 2.61. The molecule has 0 aromatic heterocycles. The van der Waals surface area contributed by atoms with Crippen LogP contribution in [0, 0.1) is 6.92 Å². The number of hydrogen-bond acceptors (Lipinski definition) is 4. The van der Waals surface area contributed by atoms with Crippen LogP contribution in [0.25, 0.3) is 0 Å². The van der Waals surface area contributed by atoms with Gasteiger partial charge in [-0.2, -0.15) is 11.8 Å². The van der Waals surface area contributed by atoms with Crippen molar-refractivity contribution in [2.24, 2.45) is 0 Å². The lowest BCUT2D eigenvalue weighted by Crippen LogP contribution is -2.43. The summed E-state index contributed by atoms with van der Waals surface area (Å²) in [6, 6.07) is 12.3. The van der Waals surface area contributed by atoms with Gasteiger partial charge in [0.25, 0.3) is 11.8 Å². The molecule has 2 aromatic carbocycles. The van der Waals surface area contributed by atoms with Crippen LogP contribution in [0.4, 0.5) is 0 Å². The van der Waals surface area contributed by atoms with Crippen molar-refractivity contribution in [3.8, 4) is 5.75 Å². The summed E-state index contributed by atoms with van der Waals surface area (Å²) in [5.74, 6) is 0.583. The molecule has 0 saturated heterocycles. The number of carbonyl (C=O) groups excluding carboxylic acids is 2. The zero-order chi connectivity index (χ0) is 18.2. The second-order valence-electron chi connectivity index (χ2n) is 5.33. The molecule has 25 heavy (non-hydrogen) atoms. The Morgan fingerprint density at radius 1 is 1.12 bits per heavy atom. The lowest BCUT2D eigenvalue weighted by molar-refractivity contribution is -0.123. The molecule has 0 aliphatic heterocycles. The predicted octanol–water partition coefficient (Wildman–Crippen LogP) is 3.35. The number of thioether (sulfide) groups is 1. The van der Waals surface area contributed by atoms with E-state index in [9.17, 15) is 9.59 Å². The first kappa shape index (κ1) is 19.1. The molecule has 0 saturated carbocycles. The van der Waals surface area contributed by atoms with Crippen molar-refractivity contribution in [1.82, 2.24) is 10.9 Å². The van der Waals surface area contributed by atoms with Crippen LogP contribution < -0.4 is 15.6 Å². The van der Waals surface area contributed by atoms with Crippen LogP contribution in [0.2, 0.25) is 5.02 Å². The summed E-state index contributed by atoms with van der Waals surface area (Å²) in [4.78, 5) is 23.8. The van der Waals surface area contributed by atoms with Crippen molar-refractivity contribution < 1.29 is 14.3 Å². The van der Waals surface area contributed by atoms with Gasteiger partial charge in [0, 0.05) is 16.3 Å². The van der Waals surface area contributed by atoms with Crippen LogP contribution in [0.1, 0.15) is 21.5 Å². The van der Waals surface area contributed by atoms with Crippen molar-refractivity contribution in [2.75, 3.05) is 12.9 Å². The number of amides is 2. The predicted molar refractivity (Wildman–Crippen MR) is 101 cm³/mol. The molecule has 2 aromatic rings. The number of hydrazine groups is 1. The molecule has 0 unspecified atom stereocenters. The van der Waals surface area contributed by atoms with Crippen LogP contribution in [-0.2, 0) is 10.5 Å². The minimum Gasteiger partial charge on any atom is -0.484 e. The SMILES string of the molecule is CSCc1ccc(C(=O)NNC(=O)COc2ccc(Cl)c(C)c2)cc1. The molecule has 0 aliphatic carbocycles. The highest BCUT2D eigenvalue weighted by molar-refractivity contribution is 7.97. The average molecular weight is 379 g/mol. The van der Waals surface area contributed by atoms with Gasteiger partial charge in [-0.25, -0.2) is 0 Å². The third kappa shape index (κ3) is 5.99. The van der Waals surface area contributed by atoms with Crippen molar-refractivity contribution in [3.63, 3.8) is 0 Å². The van der Waals surface area contributed by atoms with E-state index >= 15 is 0 Å². The minimum atomic E-state index is -0.458. The Morgan fingerprint density at radius 2 is 1.84 bits per heavy atom. The normalized spacial score (nSPS) is 10.2. The Labute approximate surface area is 156 Å². The van der Waals surface area contributed by atoms with Gasteiger partial charge in [-0.1, -0.05) is 23.7 Å². The van der Waals surface area contributed by atoms with E-state index in [0.29, 0.717) is 16.3 Å². The van der Waals surface area contributed by atoms with E-state index in [0.717, 1.165) is 16.9 Å². The maximum atomic E-state index is 12.0. The van der Waals surface area contributed by atoms with E-state index < -0.39 is 5.91 Å². The molecule has 2 rings (SSSR count). The van der Waals surface area contributed by atoms with Crippen molar-refractivity contribution in [2.45, 2.75) is 12.7 Å². The molecule has 0 atom stereocenters. The molecular formula is C18H19ClN2O3S. The van der Waals surface area contributed by atoms with Gasteiger partial charge in [-0.3, -0.25) is 20.4 Å². The minimum absolute atomic E-state index is 0.214. The quantitative estimate of drug-likeness (QED) is 0.756. The summed E-state index contributed by atoms with van der Waals surface area (Å²) in [7, 11) is 0. The molecule has 0 fully saturated rings. The fourth-order valence-corrected chi connectivity index (χ4v) is 2.65. The third-order valence-electron chi connectivity index (χ3n) is 3.34. The Bertz CT molecular complexity index is 750. The summed E-state index contributed by atoms with van der Waals surface area (Å²) in [5, 5.41) is 0.632. The van der Waals surface area contributed by atoms with Crippen molar-refractivity contribution in [1.29, 1.82) is 0 Å². The number of rotatable bonds is 6. The van der Waals surface area contributed by atoms with Gasteiger partial charge in [0.15, 0.2) is 6.61 Å². The van der Waals surface area contributed by atoms with Crippen LogP contribution in [0.15, 0.2) is 42.5 Å². The first-order valence-corrected chi connectivity index (χ1v) is 9.33. The number of hydrogen-bond donors (Lipinski definition) is 2. The van der Waals surface area contributed by atoms with Gasteiger partial charge < -0.3 is 4.74 Å². The molecule has 0 spiro atoms. The lowest BCUT2D eigenvalue weighted by atomic mass is 10.1. The molecule has 2 N–H and O–H groups in total. The summed E-state index contributed by atoms with van der Waals surface area (Å²) < 4.78 is 5.36. The highest BCUT2D eigenvalue weighted by atomic mass is 35.5. The van der Waals surface area contributed by atoms with Crippen molar-refractivity contribution >= 4 is 35.2 Å². The number of carbonyl (C=O) groups is 2. The first-order chi connectivity index (χ1) is 12.0. The van der Waals surface area contributed by atoms with Gasteiger partial charge in [0.1, 0.15) is 5.75 Å². The van der Waals surface area contributed by atoms with Crippen LogP contribution in [0.5, 0.6) is 5.75 Å². The zero-order valence-corrected chi connectivity index (χ0v) is 15.5. The molecule has 0 radical (unpaired) electrons. The fraction of sp³-hybridized carbons (Fsp3) is 0.222. The Kier molecular flexibility index (Phi) is 7.16. The van der Waals surface area contributed by atoms with Gasteiger partial charge in [-0.05, 0) is 54.6 Å². The Hall–Kier alpha value is -2.18. The number of ether oxygens (including phenoxy) is 1. The Balaban J connectivity index is 1.78. The third-order valence-corrected chi connectivity index (χ3v) is 4.39. The number of benzene rings is 2. The van der Waals surface area contributed by atoms with Crippen molar-refractivity contribution in [3.05, 3.63) is 64.2 Å². The lowest BCUT2D eigenvalue weighted by Gasteiger charge is -2.10. The van der Waals surface area contributed by atoms with E-state index in [1.165, 1.54) is 0 Å². The Morgan fingerprint density at radius 3 is 2.48 bits per heavy atom. The smallest absolute Gasteiger partial charge is 0.276 e. The van der Waals surface area contributed by atoms with E-state index in [2.05, 4.69) is 10.9 Å². The fourth-order valence-electron chi connectivity index (χ4n) is 2.01. The molecule has 7 heteroatoms. The topological polar surface area (TPSA) is 67.4 Å². The molecule has 2 amide bonds. The molecule has 132 valence electrons. The molecule has 0 bridgehead atoms. The summed E-state index contributed by atoms with van der Waals surface area (Å²) in [6.45, 7) is 1.63. The van der Waals surface area contributed by atoms with Crippen LogP contribution >= 0.6 is 23.4 Å². The molecule has 0 aliphatic rings. The molecule has 0 heterocycles. The highest BCUT2D eigenvalue weighted by Crippen LogP contribution is 2.20. The van der Waals surface area contributed by atoms with Gasteiger partial charge in [0.05, 0.1) is 0 Å².